The number of thiophene rings is 1. The van der Waals surface area contributed by atoms with E-state index < -0.39 is 0 Å². The van der Waals surface area contributed by atoms with Gasteiger partial charge >= 0.3 is 0 Å². The third-order valence-electron chi connectivity index (χ3n) is 3.25. The summed E-state index contributed by atoms with van der Waals surface area (Å²) in [5, 5.41) is 2.72. The largest absolute Gasteiger partial charge is 0.493 e. The number of nitrogens with one attached hydrogen (secondary N) is 1. The number of H-pyrrole nitrogens is 1. The van der Waals surface area contributed by atoms with Crippen molar-refractivity contribution in [3.8, 4) is 11.5 Å². The van der Waals surface area contributed by atoms with E-state index in [4.69, 9.17) is 21.1 Å². The molecule has 7 heteroatoms. The molecule has 3 rings (SSSR count). The van der Waals surface area contributed by atoms with Crippen LogP contribution in [-0.2, 0) is 0 Å². The first-order valence-corrected chi connectivity index (χ1v) is 7.95. The minimum Gasteiger partial charge on any atom is -0.493 e. The van der Waals surface area contributed by atoms with Gasteiger partial charge in [-0.1, -0.05) is 17.7 Å². The number of halogens is 1. The summed E-state index contributed by atoms with van der Waals surface area (Å²) < 4.78 is 10.5. The molecule has 0 bridgehead atoms. The number of nitrogens with zero attached hydrogens (tertiary/aromatic N) is 1. The first-order valence-electron chi connectivity index (χ1n) is 6.69. The van der Waals surface area contributed by atoms with Crippen molar-refractivity contribution in [3.05, 3.63) is 50.7 Å². The van der Waals surface area contributed by atoms with E-state index in [9.17, 15) is 4.79 Å². The van der Waals surface area contributed by atoms with Crippen molar-refractivity contribution in [3.63, 3.8) is 0 Å². The van der Waals surface area contributed by atoms with Crippen LogP contribution in [0.4, 0.5) is 0 Å². The molecule has 0 spiro atoms. The summed E-state index contributed by atoms with van der Waals surface area (Å²) in [6, 6.07) is 7.11. The van der Waals surface area contributed by atoms with Crippen LogP contribution in [0.1, 0.15) is 10.7 Å². The quantitative estimate of drug-likeness (QED) is 0.780. The monoisotopic (exact) mass is 348 g/mol. The van der Waals surface area contributed by atoms with Crippen molar-refractivity contribution >= 4 is 44.9 Å². The molecule has 0 aliphatic rings. The van der Waals surface area contributed by atoms with Crippen LogP contribution in [0.5, 0.6) is 11.5 Å². The van der Waals surface area contributed by atoms with Gasteiger partial charge in [0.05, 0.1) is 30.2 Å². The Morgan fingerprint density at radius 3 is 2.70 bits per heavy atom. The number of hydrogen-bond donors (Lipinski definition) is 1. The Hall–Kier alpha value is -2.31. The van der Waals surface area contributed by atoms with Crippen LogP contribution >= 0.6 is 22.9 Å². The van der Waals surface area contributed by atoms with E-state index >= 15 is 0 Å². The highest BCUT2D eigenvalue weighted by molar-refractivity contribution is 7.11. The summed E-state index contributed by atoms with van der Waals surface area (Å²) in [4.78, 5) is 20.4. The lowest BCUT2D eigenvalue weighted by molar-refractivity contribution is 0.355. The van der Waals surface area contributed by atoms with Crippen molar-refractivity contribution in [1.29, 1.82) is 0 Å². The Bertz CT molecular complexity index is 932. The number of aromatic amines is 1. The van der Waals surface area contributed by atoms with Crippen LogP contribution in [0.3, 0.4) is 0 Å². The van der Waals surface area contributed by atoms with Crippen molar-refractivity contribution in [2.75, 3.05) is 14.2 Å². The molecule has 0 saturated heterocycles. The van der Waals surface area contributed by atoms with Gasteiger partial charge in [0, 0.05) is 10.9 Å². The van der Waals surface area contributed by atoms with Gasteiger partial charge in [-0.2, -0.15) is 0 Å². The third-order valence-corrected chi connectivity index (χ3v) is 4.36. The van der Waals surface area contributed by atoms with Gasteiger partial charge in [-0.25, -0.2) is 4.98 Å². The van der Waals surface area contributed by atoms with E-state index in [0.29, 0.717) is 33.3 Å². The number of rotatable bonds is 4. The van der Waals surface area contributed by atoms with Crippen LogP contribution in [0.15, 0.2) is 34.4 Å². The fourth-order valence-electron chi connectivity index (χ4n) is 2.15. The number of aromatic nitrogens is 2. The van der Waals surface area contributed by atoms with Gasteiger partial charge in [0.1, 0.15) is 0 Å². The fraction of sp³-hybridized carbons (Fsp3) is 0.125. The number of benzene rings is 1. The maximum Gasteiger partial charge on any atom is 0.259 e. The van der Waals surface area contributed by atoms with Crippen molar-refractivity contribution in [1.82, 2.24) is 9.97 Å². The van der Waals surface area contributed by atoms with Crippen LogP contribution in [0.25, 0.3) is 22.0 Å². The minimum absolute atomic E-state index is 0.288. The molecular weight excluding hydrogens is 336 g/mol. The van der Waals surface area contributed by atoms with Crippen molar-refractivity contribution in [2.45, 2.75) is 0 Å². The normalized spacial score (nSPS) is 11.7. The smallest absolute Gasteiger partial charge is 0.259 e. The molecule has 0 atom stereocenters. The predicted octanol–water partition coefficient (Wildman–Crippen LogP) is 3.74. The second kappa shape index (κ2) is 6.44. The fourth-order valence-corrected chi connectivity index (χ4v) is 3.07. The molecule has 0 saturated carbocycles. The standard InChI is InChI=1S/C16H13ClN2O3S/c1-21-13-7-10-12(8-14(13)22-2)18-15(19-16(10)20)11(17)6-9-4-3-5-23-9/h3-8H,1-2H3,(H,18,19,20). The lowest BCUT2D eigenvalue weighted by Crippen LogP contribution is -2.11. The summed E-state index contributed by atoms with van der Waals surface area (Å²) in [6.07, 6.45) is 1.76. The maximum atomic E-state index is 12.3. The van der Waals surface area contributed by atoms with Gasteiger partial charge in [0.2, 0.25) is 0 Å². The molecule has 0 unspecified atom stereocenters. The SMILES string of the molecule is COc1cc2nc(C(Cl)=Cc3cccs3)[nH]c(=O)c2cc1OC. The zero-order chi connectivity index (χ0) is 16.4. The van der Waals surface area contributed by atoms with Crippen LogP contribution in [0.2, 0.25) is 0 Å². The summed E-state index contributed by atoms with van der Waals surface area (Å²) in [5.74, 6) is 1.28. The topological polar surface area (TPSA) is 64.2 Å². The van der Waals surface area contributed by atoms with E-state index in [1.807, 2.05) is 17.5 Å². The van der Waals surface area contributed by atoms with E-state index in [-0.39, 0.29) is 5.56 Å². The predicted molar refractivity (Wildman–Crippen MR) is 93.5 cm³/mol. The summed E-state index contributed by atoms with van der Waals surface area (Å²) >= 11 is 7.83. The molecule has 2 heterocycles. The Labute approximate surface area is 141 Å². The summed E-state index contributed by atoms with van der Waals surface area (Å²) in [5.41, 5.74) is 0.197. The van der Waals surface area contributed by atoms with E-state index in [0.717, 1.165) is 4.88 Å². The first kappa shape index (κ1) is 15.6. The molecule has 23 heavy (non-hydrogen) atoms. The minimum atomic E-state index is -0.288. The molecule has 1 N–H and O–H groups in total. The van der Waals surface area contributed by atoms with Crippen molar-refractivity contribution in [2.24, 2.45) is 0 Å². The second-order valence-electron chi connectivity index (χ2n) is 4.65. The molecule has 3 aromatic rings. The van der Waals surface area contributed by atoms with Gasteiger partial charge in [0.25, 0.3) is 5.56 Å². The van der Waals surface area contributed by atoms with E-state index in [1.54, 1.807) is 29.5 Å². The molecule has 0 amide bonds. The Balaban J connectivity index is 2.15. The Morgan fingerprint density at radius 1 is 1.30 bits per heavy atom. The Kier molecular flexibility index (Phi) is 4.36. The van der Waals surface area contributed by atoms with Crippen LogP contribution < -0.4 is 15.0 Å². The second-order valence-corrected chi connectivity index (χ2v) is 6.03. The number of ether oxygens (including phenoxy) is 2. The third kappa shape index (κ3) is 3.09. The van der Waals surface area contributed by atoms with Crippen molar-refractivity contribution < 1.29 is 9.47 Å². The molecule has 5 nitrogen and oxygen atoms in total. The molecule has 0 aliphatic carbocycles. The molecule has 0 radical (unpaired) electrons. The Morgan fingerprint density at radius 2 is 2.04 bits per heavy atom. The number of fused-ring (bicyclic) bond motifs is 1. The lowest BCUT2D eigenvalue weighted by Gasteiger charge is -2.09. The molecular formula is C16H13ClN2O3S. The summed E-state index contributed by atoms with van der Waals surface area (Å²) in [7, 11) is 3.04. The number of hydrogen-bond acceptors (Lipinski definition) is 5. The number of methoxy groups -OCH3 is 2. The lowest BCUT2D eigenvalue weighted by atomic mass is 10.2. The molecule has 118 valence electrons. The average molecular weight is 349 g/mol. The highest BCUT2D eigenvalue weighted by Crippen LogP contribution is 2.30. The average Bonchev–Trinajstić information content (AvgIpc) is 3.06. The van der Waals surface area contributed by atoms with Gasteiger partial charge in [-0.05, 0) is 23.6 Å². The molecule has 0 fully saturated rings. The van der Waals surface area contributed by atoms with E-state index in [1.165, 1.54) is 14.2 Å². The zero-order valence-corrected chi connectivity index (χ0v) is 14.0. The van der Waals surface area contributed by atoms with Crippen LogP contribution in [0, 0.1) is 0 Å². The van der Waals surface area contributed by atoms with Gasteiger partial charge in [-0.3, -0.25) is 4.79 Å². The van der Waals surface area contributed by atoms with Gasteiger partial charge in [-0.15, -0.1) is 11.3 Å². The summed E-state index contributed by atoms with van der Waals surface area (Å²) in [6.45, 7) is 0. The zero-order valence-electron chi connectivity index (χ0n) is 12.4. The molecule has 2 aromatic heterocycles. The first-order chi connectivity index (χ1) is 11.1. The molecule has 0 aliphatic heterocycles. The highest BCUT2D eigenvalue weighted by Gasteiger charge is 2.12. The van der Waals surface area contributed by atoms with Gasteiger partial charge < -0.3 is 14.5 Å². The van der Waals surface area contributed by atoms with Crippen LogP contribution in [-0.4, -0.2) is 24.2 Å². The van der Waals surface area contributed by atoms with Gasteiger partial charge in [0.15, 0.2) is 17.3 Å². The maximum absolute atomic E-state index is 12.3. The van der Waals surface area contributed by atoms with E-state index in [2.05, 4.69) is 9.97 Å². The highest BCUT2D eigenvalue weighted by atomic mass is 35.5. The molecule has 1 aromatic carbocycles.